The van der Waals surface area contributed by atoms with Crippen molar-refractivity contribution in [2.45, 2.75) is 83.6 Å². The van der Waals surface area contributed by atoms with Crippen molar-refractivity contribution in [3.63, 3.8) is 0 Å². The molecule has 6 nitrogen and oxygen atoms in total. The highest BCUT2D eigenvalue weighted by Gasteiger charge is 2.14. The van der Waals surface area contributed by atoms with Gasteiger partial charge >= 0.3 is 11.9 Å². The number of halogens is 1. The maximum atomic E-state index is 9.85. The van der Waals surface area contributed by atoms with E-state index in [1.54, 1.807) is 0 Å². The first-order valence-electron chi connectivity index (χ1n) is 8.26. The third-order valence-corrected chi connectivity index (χ3v) is 3.22. The van der Waals surface area contributed by atoms with Crippen molar-refractivity contribution in [3.8, 4) is 0 Å². The van der Waals surface area contributed by atoms with Gasteiger partial charge in [-0.3, -0.25) is 9.59 Å². The number of hydrogen-bond donors (Lipinski definition) is 4. The molecule has 0 saturated heterocycles. The van der Waals surface area contributed by atoms with Gasteiger partial charge in [-0.2, -0.15) is 0 Å². The Labute approximate surface area is 145 Å². The second-order valence-corrected chi connectivity index (χ2v) is 5.45. The fraction of sp³-hybridized carbons (Fsp3) is 0.875. The topological polar surface area (TPSA) is 121 Å². The average molecular weight is 356 g/mol. The molecular weight excluding hydrogens is 322 g/mol. The van der Waals surface area contributed by atoms with Crippen LogP contribution in [-0.4, -0.2) is 39.9 Å². The molecular formula is C16H34ClNO5. The van der Waals surface area contributed by atoms with Gasteiger partial charge in [0.25, 0.3) is 0 Å². The largest absolute Gasteiger partial charge is 0.481 e. The van der Waals surface area contributed by atoms with Crippen LogP contribution in [0.2, 0.25) is 0 Å². The van der Waals surface area contributed by atoms with E-state index in [2.05, 4.69) is 6.92 Å². The first-order chi connectivity index (χ1) is 10.5. The molecule has 0 heterocycles. The number of aliphatic hydroxyl groups excluding tert-OH is 1. The van der Waals surface area contributed by atoms with E-state index in [-0.39, 0.29) is 12.4 Å². The van der Waals surface area contributed by atoms with Crippen LogP contribution in [0, 0.1) is 0 Å². The Morgan fingerprint density at radius 2 is 1.26 bits per heavy atom. The molecule has 0 rings (SSSR count). The zero-order valence-electron chi connectivity index (χ0n) is 14.2. The summed E-state index contributed by atoms with van der Waals surface area (Å²) in [7, 11) is 0. The molecule has 0 amide bonds. The van der Waals surface area contributed by atoms with Crippen LogP contribution in [0.4, 0.5) is 0 Å². The molecule has 0 aromatic rings. The van der Waals surface area contributed by atoms with Gasteiger partial charge in [-0.25, -0.2) is 0 Å². The van der Waals surface area contributed by atoms with Gasteiger partial charge in [-0.05, 0) is 6.42 Å². The van der Waals surface area contributed by atoms with Crippen LogP contribution in [0.1, 0.15) is 77.6 Å². The lowest BCUT2D eigenvalue weighted by Gasteiger charge is -2.00. The quantitative estimate of drug-likeness (QED) is 0.376. The first kappa shape index (κ1) is 27.0. The van der Waals surface area contributed by atoms with Crippen molar-refractivity contribution in [2.24, 2.45) is 5.73 Å². The van der Waals surface area contributed by atoms with Crippen LogP contribution >= 0.6 is 12.4 Å². The zero-order chi connectivity index (χ0) is 17.2. The summed E-state index contributed by atoms with van der Waals surface area (Å²) < 4.78 is 0. The summed E-state index contributed by atoms with van der Waals surface area (Å²) in [6, 6.07) is -1.29. The van der Waals surface area contributed by atoms with E-state index in [4.69, 9.17) is 21.1 Å². The average Bonchev–Trinajstić information content (AvgIpc) is 2.45. The molecule has 5 N–H and O–H groups in total. The number of aliphatic hydroxyl groups is 1. The van der Waals surface area contributed by atoms with Gasteiger partial charge in [0.2, 0.25) is 0 Å². The minimum atomic E-state index is -1.29. The van der Waals surface area contributed by atoms with Crippen LogP contribution in [0.5, 0.6) is 0 Å². The maximum absolute atomic E-state index is 9.85. The van der Waals surface area contributed by atoms with E-state index in [0.717, 1.165) is 6.42 Å². The number of aliphatic carboxylic acids is 2. The predicted octanol–water partition coefficient (Wildman–Crippen LogP) is 3.19. The lowest BCUT2D eigenvalue weighted by atomic mass is 10.1. The lowest BCUT2D eigenvalue weighted by molar-refractivity contribution is -0.144. The molecule has 0 radical (unpaired) electrons. The van der Waals surface area contributed by atoms with E-state index in [1.165, 1.54) is 57.8 Å². The summed E-state index contributed by atoms with van der Waals surface area (Å²) in [5.41, 5.74) is 4.84. The molecule has 0 aliphatic rings. The van der Waals surface area contributed by atoms with Gasteiger partial charge < -0.3 is 21.1 Å². The molecule has 23 heavy (non-hydrogen) atoms. The fourth-order valence-electron chi connectivity index (χ4n) is 1.87. The normalized spacial score (nSPS) is 10.9. The predicted molar refractivity (Wildman–Crippen MR) is 94.0 cm³/mol. The highest BCUT2D eigenvalue weighted by molar-refractivity contribution is 5.85. The number of rotatable bonds is 13. The van der Waals surface area contributed by atoms with Crippen molar-refractivity contribution in [1.29, 1.82) is 0 Å². The zero-order valence-corrected chi connectivity index (χ0v) is 15.0. The lowest BCUT2D eigenvalue weighted by Crippen LogP contribution is -2.32. The van der Waals surface area contributed by atoms with E-state index in [1.807, 2.05) is 0 Å². The van der Waals surface area contributed by atoms with E-state index in [9.17, 15) is 9.59 Å². The second kappa shape index (κ2) is 21.1. The molecule has 0 bridgehead atoms. The SMILES string of the molecule is CCCCCCCCCCCCO.Cl.N[C@@H](CC(=O)O)C(=O)O. The Bertz CT molecular complexity index is 267. The molecule has 1 atom stereocenters. The van der Waals surface area contributed by atoms with Gasteiger partial charge in [0.15, 0.2) is 0 Å². The second-order valence-electron chi connectivity index (χ2n) is 5.45. The number of unbranched alkanes of at least 4 members (excludes halogenated alkanes) is 9. The van der Waals surface area contributed by atoms with Crippen molar-refractivity contribution in [3.05, 3.63) is 0 Å². The van der Waals surface area contributed by atoms with Crippen LogP contribution in [-0.2, 0) is 9.59 Å². The first-order valence-corrected chi connectivity index (χ1v) is 8.26. The highest BCUT2D eigenvalue weighted by atomic mass is 35.5. The Balaban J connectivity index is -0.000000354. The molecule has 0 aliphatic carbocycles. The molecule has 7 heteroatoms. The number of hydrogen-bond acceptors (Lipinski definition) is 4. The fourth-order valence-corrected chi connectivity index (χ4v) is 1.87. The summed E-state index contributed by atoms with van der Waals surface area (Å²) in [5, 5.41) is 24.6. The molecule has 0 aromatic carbocycles. The number of nitrogens with two attached hydrogens (primary N) is 1. The monoisotopic (exact) mass is 355 g/mol. The van der Waals surface area contributed by atoms with Gasteiger partial charge in [-0.1, -0.05) is 64.7 Å². The molecule has 0 unspecified atom stereocenters. The third kappa shape index (κ3) is 26.4. The van der Waals surface area contributed by atoms with Crippen LogP contribution in [0.3, 0.4) is 0 Å². The van der Waals surface area contributed by atoms with Gasteiger partial charge in [-0.15, -0.1) is 12.4 Å². The molecule has 0 spiro atoms. The maximum Gasteiger partial charge on any atom is 0.321 e. The van der Waals surface area contributed by atoms with Crippen molar-refractivity contribution in [1.82, 2.24) is 0 Å². The van der Waals surface area contributed by atoms with E-state index < -0.39 is 24.4 Å². The standard InChI is InChI=1S/C12H26O.C4H7NO4.ClH/c1-2-3-4-5-6-7-8-9-10-11-12-13;5-2(4(8)9)1-3(6)7;/h13H,2-12H2,1H3;2H,1,5H2,(H,6,7)(H,8,9);1H/t;2-;/m.0./s1. The molecule has 0 fully saturated rings. The van der Waals surface area contributed by atoms with Gasteiger partial charge in [0.05, 0.1) is 6.42 Å². The summed E-state index contributed by atoms with van der Waals surface area (Å²) >= 11 is 0. The minimum Gasteiger partial charge on any atom is -0.481 e. The number of carboxylic acid groups (broad SMARTS) is 2. The highest BCUT2D eigenvalue weighted by Crippen LogP contribution is 2.09. The number of carboxylic acids is 2. The van der Waals surface area contributed by atoms with Gasteiger partial charge in [0.1, 0.15) is 6.04 Å². The summed E-state index contributed by atoms with van der Waals surface area (Å²) in [6.45, 7) is 2.63. The van der Waals surface area contributed by atoms with Crippen molar-refractivity contribution >= 4 is 24.3 Å². The minimum absolute atomic E-state index is 0. The van der Waals surface area contributed by atoms with Crippen LogP contribution in [0.15, 0.2) is 0 Å². The summed E-state index contributed by atoms with van der Waals surface area (Å²) in [6.07, 6.45) is 12.8. The molecule has 0 saturated carbocycles. The van der Waals surface area contributed by atoms with Gasteiger partial charge in [0, 0.05) is 6.61 Å². The van der Waals surface area contributed by atoms with Crippen LogP contribution < -0.4 is 5.73 Å². The third-order valence-electron chi connectivity index (χ3n) is 3.22. The van der Waals surface area contributed by atoms with Crippen molar-refractivity contribution < 1.29 is 24.9 Å². The Morgan fingerprint density at radius 3 is 1.52 bits per heavy atom. The Morgan fingerprint density at radius 1 is 0.870 bits per heavy atom. The van der Waals surface area contributed by atoms with E-state index >= 15 is 0 Å². The Kier molecular flexibility index (Phi) is 24.8. The van der Waals surface area contributed by atoms with Crippen molar-refractivity contribution in [2.75, 3.05) is 6.61 Å². The molecule has 0 aliphatic heterocycles. The summed E-state index contributed by atoms with van der Waals surface area (Å²) in [5.74, 6) is -2.50. The van der Waals surface area contributed by atoms with Crippen LogP contribution in [0.25, 0.3) is 0 Å². The Hall–Kier alpha value is -0.850. The molecule has 140 valence electrons. The smallest absolute Gasteiger partial charge is 0.321 e. The molecule has 0 aromatic heterocycles. The van der Waals surface area contributed by atoms with E-state index in [0.29, 0.717) is 6.61 Å². The number of carbonyl (C=O) groups is 2. The summed E-state index contributed by atoms with van der Waals surface area (Å²) in [4.78, 5) is 19.6.